The smallest absolute Gasteiger partial charge is 0.311 e. The molecule has 0 aliphatic carbocycles. The molecule has 0 spiro atoms. The molecule has 0 saturated carbocycles. The van der Waals surface area contributed by atoms with Crippen molar-refractivity contribution in [3.05, 3.63) is 53.7 Å². The Hall–Kier alpha value is -3.00. The van der Waals surface area contributed by atoms with Crippen LogP contribution in [0.1, 0.15) is 24.0 Å². The van der Waals surface area contributed by atoms with E-state index in [-0.39, 0.29) is 18.3 Å². The van der Waals surface area contributed by atoms with Gasteiger partial charge < -0.3 is 10.0 Å². The lowest BCUT2D eigenvalue weighted by Gasteiger charge is -2.18. The molecule has 8 heteroatoms. The summed E-state index contributed by atoms with van der Waals surface area (Å²) in [6.07, 6.45) is 0.422. The van der Waals surface area contributed by atoms with Gasteiger partial charge in [0.05, 0.1) is 16.0 Å². The molecule has 0 radical (unpaired) electrons. The highest BCUT2D eigenvalue weighted by molar-refractivity contribution is 7.13. The Morgan fingerprint density at radius 3 is 2.59 bits per heavy atom. The Morgan fingerprint density at radius 1 is 1.19 bits per heavy atom. The van der Waals surface area contributed by atoms with Gasteiger partial charge in [0, 0.05) is 13.1 Å². The number of carboxylic acids is 1. The number of aliphatic carboxylic acids is 1. The number of nitrogens with zero attached hydrogens (tertiary/aromatic N) is 4. The molecule has 1 amide bonds. The molecule has 27 heavy (non-hydrogen) atoms. The van der Waals surface area contributed by atoms with E-state index in [0.29, 0.717) is 18.8 Å². The number of carbonyl (C=O) groups is 2. The van der Waals surface area contributed by atoms with E-state index in [1.807, 2.05) is 47.8 Å². The first-order valence-electron chi connectivity index (χ1n) is 8.57. The van der Waals surface area contributed by atoms with Crippen LogP contribution in [-0.4, -0.2) is 49.7 Å². The number of rotatable bonds is 4. The molecular weight excluding hydrogens is 364 g/mol. The fourth-order valence-corrected chi connectivity index (χ4v) is 3.87. The zero-order valence-corrected chi connectivity index (χ0v) is 15.5. The molecule has 1 N–H and O–H groups in total. The van der Waals surface area contributed by atoms with E-state index in [2.05, 4.69) is 10.1 Å². The molecule has 3 heterocycles. The van der Waals surface area contributed by atoms with Gasteiger partial charge in [-0.1, -0.05) is 24.3 Å². The van der Waals surface area contributed by atoms with Gasteiger partial charge in [-0.15, -0.1) is 16.4 Å². The largest absolute Gasteiger partial charge is 0.481 e. The molecule has 138 valence electrons. The third kappa shape index (κ3) is 3.12. The van der Waals surface area contributed by atoms with Crippen LogP contribution in [0.4, 0.5) is 0 Å². The molecule has 2 aromatic heterocycles. The fraction of sp³-hybridized carbons (Fsp3) is 0.263. The fourth-order valence-electron chi connectivity index (χ4n) is 3.17. The molecule has 7 nitrogen and oxygen atoms in total. The predicted octanol–water partition coefficient (Wildman–Crippen LogP) is 2.93. The quantitative estimate of drug-likeness (QED) is 0.749. The third-order valence-electron chi connectivity index (χ3n) is 4.82. The maximum absolute atomic E-state index is 12.9. The first kappa shape index (κ1) is 17.4. The van der Waals surface area contributed by atoms with Crippen molar-refractivity contribution in [2.24, 2.45) is 5.41 Å². The van der Waals surface area contributed by atoms with E-state index in [1.54, 1.807) is 11.6 Å². The van der Waals surface area contributed by atoms with Gasteiger partial charge >= 0.3 is 5.97 Å². The summed E-state index contributed by atoms with van der Waals surface area (Å²) in [6, 6.07) is 13.4. The van der Waals surface area contributed by atoms with Gasteiger partial charge in [-0.25, -0.2) is 9.67 Å². The molecule has 3 aromatic rings. The summed E-state index contributed by atoms with van der Waals surface area (Å²) in [6.45, 7) is 2.21. The van der Waals surface area contributed by atoms with Crippen molar-refractivity contribution < 1.29 is 14.7 Å². The van der Waals surface area contributed by atoms with Gasteiger partial charge in [0.15, 0.2) is 5.82 Å². The van der Waals surface area contributed by atoms with Crippen molar-refractivity contribution >= 4 is 23.2 Å². The Kier molecular flexibility index (Phi) is 4.27. The minimum absolute atomic E-state index is 0.0805. The first-order valence-corrected chi connectivity index (χ1v) is 9.45. The van der Waals surface area contributed by atoms with Crippen LogP contribution in [-0.2, 0) is 4.79 Å². The number of amides is 1. The number of hydrogen-bond donors (Lipinski definition) is 1. The average molecular weight is 382 g/mol. The molecule has 1 fully saturated rings. The molecule has 1 aliphatic heterocycles. The lowest BCUT2D eigenvalue weighted by atomic mass is 9.90. The first-order chi connectivity index (χ1) is 13.0. The maximum Gasteiger partial charge on any atom is 0.311 e. The highest BCUT2D eigenvalue weighted by Crippen LogP contribution is 2.31. The van der Waals surface area contributed by atoms with Crippen LogP contribution in [0.5, 0.6) is 0 Å². The summed E-state index contributed by atoms with van der Waals surface area (Å²) < 4.78 is 1.66. The summed E-state index contributed by atoms with van der Waals surface area (Å²) in [5.74, 6) is -0.552. The normalized spacial score (nSPS) is 19.4. The maximum atomic E-state index is 12.9. The summed E-state index contributed by atoms with van der Waals surface area (Å²) in [4.78, 5) is 31.3. The van der Waals surface area contributed by atoms with Crippen LogP contribution in [0.15, 0.2) is 47.8 Å². The summed E-state index contributed by atoms with van der Waals surface area (Å²) in [7, 11) is 0. The zero-order valence-electron chi connectivity index (χ0n) is 14.7. The van der Waals surface area contributed by atoms with Crippen LogP contribution >= 0.6 is 11.3 Å². The lowest BCUT2D eigenvalue weighted by molar-refractivity contribution is -0.147. The predicted molar refractivity (Wildman–Crippen MR) is 101 cm³/mol. The topological polar surface area (TPSA) is 88.3 Å². The van der Waals surface area contributed by atoms with Gasteiger partial charge in [0.25, 0.3) is 5.91 Å². The highest BCUT2D eigenvalue weighted by atomic mass is 32.1. The van der Waals surface area contributed by atoms with Gasteiger partial charge in [-0.3, -0.25) is 9.59 Å². The van der Waals surface area contributed by atoms with E-state index < -0.39 is 11.4 Å². The molecule has 1 saturated heterocycles. The van der Waals surface area contributed by atoms with Gasteiger partial charge in [0.1, 0.15) is 0 Å². The molecule has 4 rings (SSSR count). The summed E-state index contributed by atoms with van der Waals surface area (Å²) in [5, 5.41) is 15.8. The van der Waals surface area contributed by atoms with Crippen LogP contribution in [0.2, 0.25) is 0 Å². The molecule has 1 unspecified atom stereocenters. The standard InChI is InChI=1S/C19H18N4O3S/c1-19(18(25)26)9-10-22(12-19)17(24)15-20-16(14-8-5-11-27-14)23(21-15)13-6-3-2-4-7-13/h2-8,11H,9-10,12H2,1H3,(H,25,26). The highest BCUT2D eigenvalue weighted by Gasteiger charge is 2.43. The second-order valence-electron chi connectivity index (χ2n) is 6.83. The molecule has 1 aliphatic rings. The van der Waals surface area contributed by atoms with E-state index in [4.69, 9.17) is 0 Å². The molecule has 1 aromatic carbocycles. The summed E-state index contributed by atoms with van der Waals surface area (Å²) >= 11 is 1.52. The number of carboxylic acid groups (broad SMARTS) is 1. The number of thiophene rings is 1. The van der Waals surface area contributed by atoms with Gasteiger partial charge in [-0.2, -0.15) is 0 Å². The molecule has 0 bridgehead atoms. The van der Waals surface area contributed by atoms with E-state index in [0.717, 1.165) is 10.6 Å². The van der Waals surface area contributed by atoms with E-state index in [9.17, 15) is 14.7 Å². The average Bonchev–Trinajstić information content (AvgIpc) is 3.41. The number of para-hydroxylation sites is 1. The van der Waals surface area contributed by atoms with Crippen molar-refractivity contribution in [1.82, 2.24) is 19.7 Å². The lowest BCUT2D eigenvalue weighted by Crippen LogP contribution is -2.35. The minimum Gasteiger partial charge on any atom is -0.481 e. The number of aromatic nitrogens is 3. The Labute approximate surface area is 159 Å². The number of carbonyl (C=O) groups excluding carboxylic acids is 1. The monoisotopic (exact) mass is 382 g/mol. The van der Waals surface area contributed by atoms with Crippen LogP contribution in [0.25, 0.3) is 16.4 Å². The van der Waals surface area contributed by atoms with Crippen molar-refractivity contribution in [3.8, 4) is 16.4 Å². The summed E-state index contributed by atoms with van der Waals surface area (Å²) in [5.41, 5.74) is -0.113. The number of benzene rings is 1. The van der Waals surface area contributed by atoms with E-state index in [1.165, 1.54) is 16.2 Å². The minimum atomic E-state index is -0.922. The van der Waals surface area contributed by atoms with Crippen LogP contribution in [0.3, 0.4) is 0 Å². The van der Waals surface area contributed by atoms with Gasteiger partial charge in [0.2, 0.25) is 5.82 Å². The van der Waals surface area contributed by atoms with Gasteiger partial charge in [-0.05, 0) is 36.9 Å². The SMILES string of the molecule is CC1(C(=O)O)CCN(C(=O)c2nc(-c3cccs3)n(-c3ccccc3)n2)C1. The number of likely N-dealkylation sites (tertiary alicyclic amines) is 1. The van der Waals surface area contributed by atoms with Crippen LogP contribution < -0.4 is 0 Å². The second kappa shape index (κ2) is 6.62. The second-order valence-corrected chi connectivity index (χ2v) is 7.77. The van der Waals surface area contributed by atoms with Crippen LogP contribution in [0, 0.1) is 5.41 Å². The Balaban J connectivity index is 1.70. The van der Waals surface area contributed by atoms with E-state index >= 15 is 0 Å². The Bertz CT molecular complexity index is 984. The Morgan fingerprint density at radius 2 is 1.96 bits per heavy atom. The molecule has 1 atom stereocenters. The third-order valence-corrected chi connectivity index (χ3v) is 5.68. The van der Waals surface area contributed by atoms with Crippen molar-refractivity contribution in [2.75, 3.05) is 13.1 Å². The zero-order chi connectivity index (χ0) is 19.0. The van der Waals surface area contributed by atoms with Crippen molar-refractivity contribution in [3.63, 3.8) is 0 Å². The van der Waals surface area contributed by atoms with Crippen molar-refractivity contribution in [1.29, 1.82) is 0 Å². The molecular formula is C19H18N4O3S. The van der Waals surface area contributed by atoms with Crippen molar-refractivity contribution in [2.45, 2.75) is 13.3 Å². The number of hydrogen-bond acceptors (Lipinski definition) is 5.